The number of benzene rings is 2. The minimum Gasteiger partial charge on any atom is -0.482 e. The summed E-state index contributed by atoms with van der Waals surface area (Å²) in [5.41, 5.74) is 4.94. The first-order valence-corrected chi connectivity index (χ1v) is 8.76. The van der Waals surface area contributed by atoms with Crippen LogP contribution in [-0.2, 0) is 4.79 Å². The van der Waals surface area contributed by atoms with Crippen molar-refractivity contribution in [3.63, 3.8) is 0 Å². The first-order valence-electron chi connectivity index (χ1n) is 8.76. The van der Waals surface area contributed by atoms with Crippen LogP contribution in [-0.4, -0.2) is 40.3 Å². The van der Waals surface area contributed by atoms with Crippen LogP contribution in [0.3, 0.4) is 0 Å². The summed E-state index contributed by atoms with van der Waals surface area (Å²) in [6, 6.07) is 8.59. The standard InChI is InChI=1S/C20H20N4O3/c1-11-7-15-16(8-12(11)2)24(22-21-15)13(3)20(26)14-5-6-18-17(9-14)23(4)19(25)10-27-18/h5-9,13H,10H2,1-4H3. The van der Waals surface area contributed by atoms with Gasteiger partial charge in [-0.1, -0.05) is 5.21 Å². The summed E-state index contributed by atoms with van der Waals surface area (Å²) >= 11 is 0. The van der Waals surface area contributed by atoms with Crippen LogP contribution in [0.1, 0.15) is 34.5 Å². The van der Waals surface area contributed by atoms with Crippen molar-refractivity contribution in [1.82, 2.24) is 15.0 Å². The smallest absolute Gasteiger partial charge is 0.264 e. The molecule has 27 heavy (non-hydrogen) atoms. The average molecular weight is 364 g/mol. The SMILES string of the molecule is Cc1cc2nnn(C(C)C(=O)c3ccc4c(c3)N(C)C(=O)CO4)c2cc1C. The van der Waals surface area contributed by atoms with Gasteiger partial charge in [0.2, 0.25) is 0 Å². The molecule has 0 aliphatic carbocycles. The number of ether oxygens (including phenoxy) is 1. The highest BCUT2D eigenvalue weighted by atomic mass is 16.5. The molecule has 1 atom stereocenters. The van der Waals surface area contributed by atoms with Crippen LogP contribution >= 0.6 is 0 Å². The van der Waals surface area contributed by atoms with Crippen LogP contribution in [0.4, 0.5) is 5.69 Å². The summed E-state index contributed by atoms with van der Waals surface area (Å²) in [6.45, 7) is 5.86. The molecular weight excluding hydrogens is 344 g/mol. The maximum Gasteiger partial charge on any atom is 0.264 e. The van der Waals surface area contributed by atoms with Gasteiger partial charge in [0, 0.05) is 12.6 Å². The fourth-order valence-electron chi connectivity index (χ4n) is 3.26. The van der Waals surface area contributed by atoms with Crippen LogP contribution in [0.5, 0.6) is 5.75 Å². The second kappa shape index (κ2) is 6.19. The molecule has 0 fully saturated rings. The largest absolute Gasteiger partial charge is 0.482 e. The van der Waals surface area contributed by atoms with Crippen molar-refractivity contribution in [3.8, 4) is 5.75 Å². The Morgan fingerprint density at radius 1 is 1.19 bits per heavy atom. The fourth-order valence-corrected chi connectivity index (χ4v) is 3.26. The predicted molar refractivity (Wildman–Crippen MR) is 101 cm³/mol. The second-order valence-electron chi connectivity index (χ2n) is 6.92. The van der Waals surface area contributed by atoms with Crippen molar-refractivity contribution in [2.45, 2.75) is 26.8 Å². The molecule has 0 N–H and O–H groups in total. The molecule has 1 unspecified atom stereocenters. The van der Waals surface area contributed by atoms with Gasteiger partial charge in [-0.3, -0.25) is 9.59 Å². The predicted octanol–water partition coefficient (Wildman–Crippen LogP) is 2.85. The number of hydrogen-bond donors (Lipinski definition) is 0. The van der Waals surface area contributed by atoms with Gasteiger partial charge in [0.05, 0.1) is 11.2 Å². The van der Waals surface area contributed by atoms with E-state index in [1.165, 1.54) is 4.90 Å². The number of anilines is 1. The van der Waals surface area contributed by atoms with Gasteiger partial charge >= 0.3 is 0 Å². The van der Waals surface area contributed by atoms with Crippen LogP contribution in [0, 0.1) is 13.8 Å². The molecule has 138 valence electrons. The Hall–Kier alpha value is -3.22. The number of Topliss-reactive ketones (excluding diaryl/α,β-unsaturated/α-hetero) is 1. The minimum absolute atomic E-state index is 0.0108. The molecule has 7 nitrogen and oxygen atoms in total. The lowest BCUT2D eigenvalue weighted by Gasteiger charge is -2.26. The van der Waals surface area contributed by atoms with Gasteiger partial charge in [0.1, 0.15) is 17.3 Å². The Bertz CT molecular complexity index is 1090. The van der Waals surface area contributed by atoms with Crippen molar-refractivity contribution >= 4 is 28.4 Å². The molecule has 7 heteroatoms. The van der Waals surface area contributed by atoms with Crippen molar-refractivity contribution < 1.29 is 14.3 Å². The van der Waals surface area contributed by atoms with Gasteiger partial charge < -0.3 is 9.64 Å². The number of nitrogens with zero attached hydrogens (tertiary/aromatic N) is 4. The van der Waals surface area contributed by atoms with E-state index >= 15 is 0 Å². The molecule has 0 spiro atoms. The number of amides is 1. The van der Waals surface area contributed by atoms with Gasteiger partial charge in [0.25, 0.3) is 5.91 Å². The average Bonchev–Trinajstić information content (AvgIpc) is 3.06. The third kappa shape index (κ3) is 2.75. The number of fused-ring (bicyclic) bond motifs is 2. The zero-order valence-corrected chi connectivity index (χ0v) is 15.7. The molecule has 0 saturated carbocycles. The summed E-state index contributed by atoms with van der Waals surface area (Å²) in [6.07, 6.45) is 0. The van der Waals surface area contributed by atoms with Crippen LogP contribution in [0.15, 0.2) is 30.3 Å². The summed E-state index contributed by atoms with van der Waals surface area (Å²) in [7, 11) is 1.68. The Morgan fingerprint density at radius 2 is 1.93 bits per heavy atom. The molecule has 0 bridgehead atoms. The topological polar surface area (TPSA) is 77.3 Å². The van der Waals surface area contributed by atoms with Crippen LogP contribution in [0.25, 0.3) is 11.0 Å². The fraction of sp³-hybridized carbons (Fsp3) is 0.300. The molecular formula is C20H20N4O3. The van der Waals surface area contributed by atoms with Gasteiger partial charge in [0.15, 0.2) is 12.4 Å². The van der Waals surface area contributed by atoms with Crippen molar-refractivity contribution in [3.05, 3.63) is 47.0 Å². The van der Waals surface area contributed by atoms with E-state index in [-0.39, 0.29) is 18.3 Å². The zero-order valence-electron chi connectivity index (χ0n) is 15.7. The Labute approximate surface area is 156 Å². The van der Waals surface area contributed by atoms with E-state index in [0.717, 1.165) is 22.2 Å². The highest BCUT2D eigenvalue weighted by Gasteiger charge is 2.26. The van der Waals surface area contributed by atoms with E-state index in [0.29, 0.717) is 17.0 Å². The molecule has 1 amide bonds. The number of aromatic nitrogens is 3. The maximum atomic E-state index is 13.1. The number of ketones is 1. The van der Waals surface area contributed by atoms with Gasteiger partial charge in [-0.15, -0.1) is 5.10 Å². The highest BCUT2D eigenvalue weighted by Crippen LogP contribution is 2.33. The van der Waals surface area contributed by atoms with E-state index < -0.39 is 6.04 Å². The summed E-state index contributed by atoms with van der Waals surface area (Å²) in [5, 5.41) is 8.39. The van der Waals surface area contributed by atoms with Gasteiger partial charge in [-0.2, -0.15) is 0 Å². The van der Waals surface area contributed by atoms with Crippen molar-refractivity contribution in [2.24, 2.45) is 0 Å². The van der Waals surface area contributed by atoms with Crippen LogP contribution in [0.2, 0.25) is 0 Å². The Balaban J connectivity index is 1.71. The number of likely N-dealkylation sites (N-methyl/N-ethyl adjacent to an activating group) is 1. The van der Waals surface area contributed by atoms with E-state index in [2.05, 4.69) is 10.3 Å². The van der Waals surface area contributed by atoms with E-state index in [4.69, 9.17) is 4.74 Å². The summed E-state index contributed by atoms with van der Waals surface area (Å²) in [4.78, 5) is 26.4. The van der Waals surface area contributed by atoms with Gasteiger partial charge in [-0.25, -0.2) is 4.68 Å². The highest BCUT2D eigenvalue weighted by molar-refractivity contribution is 6.03. The molecule has 2 aromatic carbocycles. The van der Waals surface area contributed by atoms with E-state index in [1.807, 2.05) is 26.0 Å². The lowest BCUT2D eigenvalue weighted by molar-refractivity contribution is -0.120. The molecule has 0 saturated heterocycles. The third-order valence-corrected chi connectivity index (χ3v) is 5.16. The van der Waals surface area contributed by atoms with E-state index in [1.54, 1.807) is 36.9 Å². The number of carbonyl (C=O) groups excluding carboxylic acids is 2. The maximum absolute atomic E-state index is 13.1. The summed E-state index contributed by atoms with van der Waals surface area (Å²) in [5.74, 6) is 0.348. The Morgan fingerprint density at radius 3 is 2.70 bits per heavy atom. The second-order valence-corrected chi connectivity index (χ2v) is 6.92. The molecule has 3 aromatic rings. The number of aryl methyl sites for hydroxylation is 2. The zero-order chi connectivity index (χ0) is 19.3. The van der Waals surface area contributed by atoms with Crippen LogP contribution < -0.4 is 9.64 Å². The lowest BCUT2D eigenvalue weighted by atomic mass is 10.0. The number of carbonyl (C=O) groups is 2. The van der Waals surface area contributed by atoms with Crippen molar-refractivity contribution in [2.75, 3.05) is 18.6 Å². The molecule has 1 aliphatic heterocycles. The first kappa shape index (κ1) is 17.2. The van der Waals surface area contributed by atoms with Crippen molar-refractivity contribution in [1.29, 1.82) is 0 Å². The van der Waals surface area contributed by atoms with Gasteiger partial charge in [-0.05, 0) is 62.2 Å². The Kier molecular flexibility index (Phi) is 3.95. The van der Waals surface area contributed by atoms with E-state index in [9.17, 15) is 9.59 Å². The lowest BCUT2D eigenvalue weighted by Crippen LogP contribution is -2.35. The minimum atomic E-state index is -0.527. The normalized spacial score (nSPS) is 14.8. The quantitative estimate of drug-likeness (QED) is 0.668. The molecule has 2 heterocycles. The first-order chi connectivity index (χ1) is 12.9. The molecule has 4 rings (SSSR count). The molecule has 1 aliphatic rings. The number of rotatable bonds is 3. The molecule has 0 radical (unpaired) electrons. The third-order valence-electron chi connectivity index (χ3n) is 5.16. The summed E-state index contributed by atoms with van der Waals surface area (Å²) < 4.78 is 7.07. The number of hydrogen-bond acceptors (Lipinski definition) is 5. The molecule has 1 aromatic heterocycles. The monoisotopic (exact) mass is 364 g/mol.